The molecule has 0 aromatic carbocycles. The van der Waals surface area contributed by atoms with Gasteiger partial charge in [0, 0.05) is 25.7 Å². The van der Waals surface area contributed by atoms with Gasteiger partial charge in [0.2, 0.25) is 15.9 Å². The van der Waals surface area contributed by atoms with Crippen LogP contribution in [0.4, 0.5) is 4.79 Å². The minimum absolute atomic E-state index is 0.141. The van der Waals surface area contributed by atoms with Crippen LogP contribution in [-0.4, -0.2) is 62.7 Å². The van der Waals surface area contributed by atoms with Crippen molar-refractivity contribution in [3.8, 4) is 0 Å². The molecule has 0 aromatic rings. The molecule has 0 bridgehead atoms. The molecule has 2 aliphatic carbocycles. The van der Waals surface area contributed by atoms with Gasteiger partial charge in [0.05, 0.1) is 11.8 Å². The van der Waals surface area contributed by atoms with Crippen LogP contribution < -0.4 is 15.4 Å². The van der Waals surface area contributed by atoms with Crippen molar-refractivity contribution < 1.29 is 18.0 Å². The normalized spacial score (nSPS) is 24.5. The molecule has 1 heterocycles. The predicted molar refractivity (Wildman–Crippen MR) is 88.8 cm³/mol. The van der Waals surface area contributed by atoms with Gasteiger partial charge in [-0.1, -0.05) is 0 Å². The smallest absolute Gasteiger partial charge is 0.315 e. The fraction of sp³-hybridized carbons (Fsp3) is 0.867. The number of likely N-dealkylation sites (tertiary alicyclic amines) is 1. The molecular weight excluding hydrogens is 332 g/mol. The van der Waals surface area contributed by atoms with Crippen LogP contribution in [0.1, 0.15) is 38.5 Å². The van der Waals surface area contributed by atoms with E-state index >= 15 is 0 Å². The van der Waals surface area contributed by atoms with Gasteiger partial charge in [0.1, 0.15) is 0 Å². The molecule has 0 aromatic heterocycles. The lowest BCUT2D eigenvalue weighted by molar-refractivity contribution is -0.131. The standard InChI is InChI=1S/C15H26N4O4S/c20-14(9-17-24(22,23)13-5-6-13)19-7-1-2-11(10-19)8-16-15(21)18-12-3-4-12/h11-13,17H,1-10H2,(H2,16,18,21). The van der Waals surface area contributed by atoms with Crippen molar-refractivity contribution in [3.05, 3.63) is 0 Å². The van der Waals surface area contributed by atoms with Crippen molar-refractivity contribution in [2.45, 2.75) is 49.8 Å². The fourth-order valence-corrected chi connectivity index (χ4v) is 4.25. The first-order chi connectivity index (χ1) is 11.4. The van der Waals surface area contributed by atoms with Crippen molar-refractivity contribution in [2.75, 3.05) is 26.2 Å². The highest BCUT2D eigenvalue weighted by molar-refractivity contribution is 7.90. The Labute approximate surface area is 142 Å². The minimum atomic E-state index is -3.32. The number of nitrogens with one attached hydrogen (secondary N) is 3. The zero-order chi connectivity index (χ0) is 17.2. The summed E-state index contributed by atoms with van der Waals surface area (Å²) in [5.41, 5.74) is 0. The summed E-state index contributed by atoms with van der Waals surface area (Å²) < 4.78 is 26.0. The molecule has 24 heavy (non-hydrogen) atoms. The molecule has 1 saturated heterocycles. The largest absolute Gasteiger partial charge is 0.341 e. The highest BCUT2D eigenvalue weighted by Gasteiger charge is 2.36. The fourth-order valence-electron chi connectivity index (χ4n) is 2.93. The first-order valence-corrected chi connectivity index (χ1v) is 10.3. The molecule has 1 aliphatic heterocycles. The van der Waals surface area contributed by atoms with E-state index in [2.05, 4.69) is 15.4 Å². The number of hydrogen-bond donors (Lipinski definition) is 3. The van der Waals surface area contributed by atoms with Crippen LogP contribution in [0.2, 0.25) is 0 Å². The maximum atomic E-state index is 12.2. The Morgan fingerprint density at radius 1 is 1.08 bits per heavy atom. The molecule has 0 spiro atoms. The van der Waals surface area contributed by atoms with Crippen LogP contribution in [0.25, 0.3) is 0 Å². The van der Waals surface area contributed by atoms with Crippen LogP contribution >= 0.6 is 0 Å². The van der Waals surface area contributed by atoms with Gasteiger partial charge >= 0.3 is 6.03 Å². The Balaban J connectivity index is 1.38. The molecule has 9 heteroatoms. The van der Waals surface area contributed by atoms with Crippen molar-refractivity contribution in [3.63, 3.8) is 0 Å². The Morgan fingerprint density at radius 2 is 1.83 bits per heavy atom. The van der Waals surface area contributed by atoms with Crippen LogP contribution in [0.3, 0.4) is 0 Å². The third-order valence-electron chi connectivity index (χ3n) is 4.72. The molecule has 0 radical (unpaired) electrons. The lowest BCUT2D eigenvalue weighted by Gasteiger charge is -2.33. The average Bonchev–Trinajstić information content (AvgIpc) is 3.43. The lowest BCUT2D eigenvalue weighted by Crippen LogP contribution is -2.48. The highest BCUT2D eigenvalue weighted by atomic mass is 32.2. The summed E-state index contributed by atoms with van der Waals surface area (Å²) in [5.74, 6) is 0.0269. The van der Waals surface area contributed by atoms with E-state index in [1.807, 2.05) is 0 Å². The summed E-state index contributed by atoms with van der Waals surface area (Å²) in [4.78, 5) is 25.6. The number of sulfonamides is 1. The summed E-state index contributed by atoms with van der Waals surface area (Å²) >= 11 is 0. The van der Waals surface area contributed by atoms with Gasteiger partial charge in [-0.05, 0) is 44.4 Å². The van der Waals surface area contributed by atoms with E-state index in [0.29, 0.717) is 38.5 Å². The molecule has 3 amide bonds. The third kappa shape index (κ3) is 5.07. The second kappa shape index (κ2) is 7.26. The van der Waals surface area contributed by atoms with E-state index in [9.17, 15) is 18.0 Å². The Bertz CT molecular complexity index is 586. The summed E-state index contributed by atoms with van der Waals surface area (Å²) in [6.07, 6.45) is 5.30. The number of carbonyl (C=O) groups excluding carboxylic acids is 2. The predicted octanol–water partition coefficient (Wildman–Crippen LogP) is -0.232. The van der Waals surface area contributed by atoms with E-state index in [0.717, 1.165) is 25.7 Å². The number of piperidine rings is 1. The second-order valence-electron chi connectivity index (χ2n) is 7.04. The second-order valence-corrected chi connectivity index (χ2v) is 9.09. The summed E-state index contributed by atoms with van der Waals surface area (Å²) in [5, 5.41) is 5.43. The number of nitrogens with zero attached hydrogens (tertiary/aromatic N) is 1. The maximum absolute atomic E-state index is 12.2. The molecule has 3 rings (SSSR count). The quantitative estimate of drug-likeness (QED) is 0.584. The lowest BCUT2D eigenvalue weighted by atomic mass is 9.98. The Kier molecular flexibility index (Phi) is 5.29. The zero-order valence-corrected chi connectivity index (χ0v) is 14.6. The Hall–Kier alpha value is -1.35. The molecule has 1 unspecified atom stereocenters. The number of hydrogen-bond acceptors (Lipinski definition) is 4. The van der Waals surface area contributed by atoms with Crippen LogP contribution in [0.5, 0.6) is 0 Å². The molecule has 3 N–H and O–H groups in total. The minimum Gasteiger partial charge on any atom is -0.341 e. The Morgan fingerprint density at radius 3 is 2.50 bits per heavy atom. The van der Waals surface area contributed by atoms with E-state index < -0.39 is 10.0 Å². The monoisotopic (exact) mass is 358 g/mol. The molecule has 3 aliphatic rings. The van der Waals surface area contributed by atoms with Gasteiger partial charge in [-0.3, -0.25) is 4.79 Å². The van der Waals surface area contributed by atoms with Crippen molar-refractivity contribution in [1.29, 1.82) is 0 Å². The molecule has 2 saturated carbocycles. The van der Waals surface area contributed by atoms with Crippen molar-refractivity contribution in [2.24, 2.45) is 5.92 Å². The van der Waals surface area contributed by atoms with E-state index in [1.165, 1.54) is 0 Å². The van der Waals surface area contributed by atoms with Gasteiger partial charge < -0.3 is 15.5 Å². The topological polar surface area (TPSA) is 108 Å². The molecule has 1 atom stereocenters. The van der Waals surface area contributed by atoms with Crippen molar-refractivity contribution in [1.82, 2.24) is 20.3 Å². The maximum Gasteiger partial charge on any atom is 0.315 e. The van der Waals surface area contributed by atoms with Gasteiger partial charge in [-0.25, -0.2) is 17.9 Å². The van der Waals surface area contributed by atoms with Crippen LogP contribution in [-0.2, 0) is 14.8 Å². The molecule has 3 fully saturated rings. The summed E-state index contributed by atoms with van der Waals surface area (Å²) in [6.45, 7) is 1.58. The average molecular weight is 358 g/mol. The van der Waals surface area contributed by atoms with E-state index in [4.69, 9.17) is 0 Å². The van der Waals surface area contributed by atoms with E-state index in [1.54, 1.807) is 4.90 Å². The van der Waals surface area contributed by atoms with Gasteiger partial charge in [0.25, 0.3) is 0 Å². The SMILES string of the molecule is O=C(NCC1CCCN(C(=O)CNS(=O)(=O)C2CC2)C1)NC1CC1. The zero-order valence-electron chi connectivity index (χ0n) is 13.8. The number of urea groups is 1. The van der Waals surface area contributed by atoms with Crippen molar-refractivity contribution >= 4 is 22.0 Å². The van der Waals surface area contributed by atoms with Crippen LogP contribution in [0.15, 0.2) is 0 Å². The van der Waals surface area contributed by atoms with E-state index in [-0.39, 0.29) is 29.7 Å². The molecular formula is C15H26N4O4S. The molecule has 8 nitrogen and oxygen atoms in total. The first kappa shape index (κ1) is 17.5. The molecule has 136 valence electrons. The number of rotatable bonds is 7. The number of amides is 3. The van der Waals surface area contributed by atoms with Gasteiger partial charge in [-0.15, -0.1) is 0 Å². The van der Waals surface area contributed by atoms with Gasteiger partial charge in [0.15, 0.2) is 0 Å². The third-order valence-corrected chi connectivity index (χ3v) is 6.62. The van der Waals surface area contributed by atoms with Gasteiger partial charge in [-0.2, -0.15) is 0 Å². The summed E-state index contributed by atoms with van der Waals surface area (Å²) in [7, 11) is -3.32. The van der Waals surface area contributed by atoms with Crippen LogP contribution in [0, 0.1) is 5.92 Å². The summed E-state index contributed by atoms with van der Waals surface area (Å²) in [6, 6.07) is 0.187. The highest BCUT2D eigenvalue weighted by Crippen LogP contribution is 2.27. The first-order valence-electron chi connectivity index (χ1n) is 8.74. The number of carbonyl (C=O) groups is 2.